The Balaban J connectivity index is 3.18. The quantitative estimate of drug-likeness (QED) is 0.270. The van der Waals surface area contributed by atoms with Crippen molar-refractivity contribution in [2.75, 3.05) is 6.61 Å². The van der Waals surface area contributed by atoms with Crippen LogP contribution in [0.4, 0.5) is 0 Å². The highest BCUT2D eigenvalue weighted by molar-refractivity contribution is 5.93. The molecule has 0 aromatic carbocycles. The molecule has 0 unspecified atom stereocenters. The van der Waals surface area contributed by atoms with E-state index in [1.165, 1.54) is 13.8 Å². The standard InChI is InChI=1S/C8H13N3O5/c1-6(2)7(15,4(13)3-12)8(6,16)5(14)10-11-9/h4,12-13,15-16H,3H2,1-2H3/t4-,7+,8-/m1/s1. The zero-order valence-corrected chi connectivity index (χ0v) is 8.82. The second-order valence-corrected chi connectivity index (χ2v) is 4.29. The van der Waals surface area contributed by atoms with Crippen LogP contribution in [-0.2, 0) is 4.79 Å². The van der Waals surface area contributed by atoms with E-state index in [9.17, 15) is 20.1 Å². The third kappa shape index (κ3) is 1.07. The Morgan fingerprint density at radius 2 is 2.00 bits per heavy atom. The number of rotatable bonds is 3. The topological polar surface area (TPSA) is 147 Å². The van der Waals surface area contributed by atoms with Gasteiger partial charge in [-0.25, -0.2) is 0 Å². The summed E-state index contributed by atoms with van der Waals surface area (Å²) in [6.07, 6.45) is -1.70. The minimum Gasteiger partial charge on any atom is -0.394 e. The Morgan fingerprint density at radius 1 is 1.50 bits per heavy atom. The lowest BCUT2D eigenvalue weighted by Crippen LogP contribution is -2.43. The van der Waals surface area contributed by atoms with E-state index in [2.05, 4.69) is 10.0 Å². The van der Waals surface area contributed by atoms with Crippen molar-refractivity contribution in [3.05, 3.63) is 10.4 Å². The van der Waals surface area contributed by atoms with Gasteiger partial charge in [-0.1, -0.05) is 13.8 Å². The molecule has 1 rings (SSSR count). The minimum atomic E-state index is -2.38. The fourth-order valence-corrected chi connectivity index (χ4v) is 2.20. The Bertz CT molecular complexity index is 378. The smallest absolute Gasteiger partial charge is 0.254 e. The van der Waals surface area contributed by atoms with Crippen LogP contribution in [0.15, 0.2) is 5.11 Å². The highest BCUT2D eigenvalue weighted by atomic mass is 16.4. The van der Waals surface area contributed by atoms with Gasteiger partial charge in [0.15, 0.2) is 5.60 Å². The molecule has 1 fully saturated rings. The summed E-state index contributed by atoms with van der Waals surface area (Å²) in [5.41, 5.74) is 2.08. The van der Waals surface area contributed by atoms with Gasteiger partial charge in [-0.15, -0.1) is 0 Å². The number of hydrogen-bond donors (Lipinski definition) is 4. The molecule has 90 valence electrons. The van der Waals surface area contributed by atoms with Crippen LogP contribution in [0.5, 0.6) is 0 Å². The molecular formula is C8H13N3O5. The van der Waals surface area contributed by atoms with Gasteiger partial charge in [0.1, 0.15) is 11.7 Å². The molecule has 8 heteroatoms. The lowest BCUT2D eigenvalue weighted by Gasteiger charge is -2.18. The summed E-state index contributed by atoms with van der Waals surface area (Å²) in [5.74, 6) is -1.28. The van der Waals surface area contributed by atoms with Gasteiger partial charge in [-0.3, -0.25) is 4.79 Å². The maximum atomic E-state index is 11.4. The molecule has 3 atom stereocenters. The van der Waals surface area contributed by atoms with Gasteiger partial charge in [0.2, 0.25) is 0 Å². The number of carbonyl (C=O) groups excluding carboxylic acids is 1. The van der Waals surface area contributed by atoms with Crippen molar-refractivity contribution in [2.24, 2.45) is 10.5 Å². The molecule has 4 N–H and O–H groups in total. The van der Waals surface area contributed by atoms with Gasteiger partial charge in [-0.05, 0) is 10.6 Å². The summed E-state index contributed by atoms with van der Waals surface area (Å²) in [4.78, 5) is 13.6. The highest BCUT2D eigenvalue weighted by Crippen LogP contribution is 2.66. The maximum absolute atomic E-state index is 11.4. The molecule has 0 heterocycles. The first-order chi connectivity index (χ1) is 7.21. The largest absolute Gasteiger partial charge is 0.394 e. The summed E-state index contributed by atoms with van der Waals surface area (Å²) in [5, 5.41) is 40.8. The summed E-state index contributed by atoms with van der Waals surface area (Å²) < 4.78 is 0. The Hall–Kier alpha value is -1.18. The number of amides is 1. The van der Waals surface area contributed by atoms with Crippen molar-refractivity contribution >= 4 is 5.91 Å². The van der Waals surface area contributed by atoms with Gasteiger partial charge < -0.3 is 20.4 Å². The van der Waals surface area contributed by atoms with Gasteiger partial charge in [-0.2, -0.15) is 0 Å². The van der Waals surface area contributed by atoms with E-state index < -0.39 is 35.2 Å². The average molecular weight is 231 g/mol. The van der Waals surface area contributed by atoms with Crippen LogP contribution >= 0.6 is 0 Å². The van der Waals surface area contributed by atoms with Gasteiger partial charge in [0.25, 0.3) is 5.91 Å². The number of carbonyl (C=O) groups is 1. The van der Waals surface area contributed by atoms with Crippen LogP contribution in [0.1, 0.15) is 13.8 Å². The minimum absolute atomic E-state index is 0.828. The number of hydrogen-bond acceptors (Lipinski definition) is 5. The second kappa shape index (κ2) is 3.41. The molecular weight excluding hydrogens is 218 g/mol. The van der Waals surface area contributed by atoms with Crippen LogP contribution < -0.4 is 0 Å². The van der Waals surface area contributed by atoms with E-state index in [4.69, 9.17) is 10.6 Å². The first kappa shape index (κ1) is 12.9. The Kier molecular flexibility index (Phi) is 2.74. The molecule has 1 aliphatic carbocycles. The molecule has 1 aliphatic rings. The summed E-state index contributed by atoms with van der Waals surface area (Å²) >= 11 is 0. The third-order valence-corrected chi connectivity index (χ3v) is 3.45. The number of azide groups is 1. The lowest BCUT2D eigenvalue weighted by atomic mass is 10.0. The summed E-state index contributed by atoms with van der Waals surface area (Å²) in [7, 11) is 0. The van der Waals surface area contributed by atoms with Gasteiger partial charge in [0.05, 0.1) is 6.61 Å². The van der Waals surface area contributed by atoms with Crippen molar-refractivity contribution in [1.29, 1.82) is 0 Å². The molecule has 16 heavy (non-hydrogen) atoms. The molecule has 1 saturated carbocycles. The van der Waals surface area contributed by atoms with Gasteiger partial charge in [0, 0.05) is 10.3 Å². The van der Waals surface area contributed by atoms with Crippen molar-refractivity contribution < 1.29 is 25.2 Å². The number of aliphatic hydroxyl groups excluding tert-OH is 2. The molecule has 0 bridgehead atoms. The predicted octanol–water partition coefficient (Wildman–Crippen LogP) is -1.32. The third-order valence-electron chi connectivity index (χ3n) is 3.45. The fourth-order valence-electron chi connectivity index (χ4n) is 2.20. The van der Waals surface area contributed by atoms with Gasteiger partial charge >= 0.3 is 0 Å². The monoisotopic (exact) mass is 231 g/mol. The molecule has 0 spiro atoms. The van der Waals surface area contributed by atoms with E-state index >= 15 is 0 Å². The molecule has 0 aromatic rings. The Labute approximate surface area is 90.8 Å². The SMILES string of the molecule is CC1(C)[C@](O)(C(=O)N=[N+]=[N-])[C@]1(O)[C@H](O)CO. The molecule has 1 amide bonds. The summed E-state index contributed by atoms with van der Waals surface area (Å²) in [6, 6.07) is 0. The van der Waals surface area contributed by atoms with E-state index in [0.717, 1.165) is 0 Å². The van der Waals surface area contributed by atoms with Crippen LogP contribution in [0.3, 0.4) is 0 Å². The zero-order chi connectivity index (χ0) is 12.8. The van der Waals surface area contributed by atoms with Crippen molar-refractivity contribution in [3.8, 4) is 0 Å². The van der Waals surface area contributed by atoms with Crippen molar-refractivity contribution in [2.45, 2.75) is 31.2 Å². The fraction of sp³-hybridized carbons (Fsp3) is 0.875. The van der Waals surface area contributed by atoms with E-state index in [0.29, 0.717) is 0 Å². The molecule has 0 aromatic heterocycles. The van der Waals surface area contributed by atoms with Crippen LogP contribution in [0, 0.1) is 5.41 Å². The zero-order valence-electron chi connectivity index (χ0n) is 8.82. The normalized spacial score (nSPS) is 37.4. The van der Waals surface area contributed by atoms with E-state index in [1.807, 2.05) is 0 Å². The van der Waals surface area contributed by atoms with Crippen molar-refractivity contribution in [3.63, 3.8) is 0 Å². The highest BCUT2D eigenvalue weighted by Gasteiger charge is 2.88. The Morgan fingerprint density at radius 3 is 2.38 bits per heavy atom. The second-order valence-electron chi connectivity index (χ2n) is 4.29. The average Bonchev–Trinajstić information content (AvgIpc) is 2.59. The van der Waals surface area contributed by atoms with Crippen LogP contribution in [0.25, 0.3) is 10.4 Å². The lowest BCUT2D eigenvalue weighted by molar-refractivity contribution is -0.139. The first-order valence-corrected chi connectivity index (χ1v) is 4.55. The number of nitrogens with zero attached hydrogens (tertiary/aromatic N) is 3. The van der Waals surface area contributed by atoms with E-state index in [1.54, 1.807) is 0 Å². The molecule has 0 aliphatic heterocycles. The molecule has 8 nitrogen and oxygen atoms in total. The number of aliphatic hydroxyl groups is 4. The van der Waals surface area contributed by atoms with Crippen molar-refractivity contribution in [1.82, 2.24) is 0 Å². The molecule has 0 radical (unpaired) electrons. The van der Waals surface area contributed by atoms with Crippen LogP contribution in [0.2, 0.25) is 0 Å². The maximum Gasteiger partial charge on any atom is 0.254 e. The molecule has 0 saturated heterocycles. The first-order valence-electron chi connectivity index (χ1n) is 4.55. The predicted molar refractivity (Wildman–Crippen MR) is 50.9 cm³/mol. The summed E-state index contributed by atoms with van der Waals surface area (Å²) in [6.45, 7) is 1.80. The van der Waals surface area contributed by atoms with Crippen LogP contribution in [-0.4, -0.2) is 50.2 Å². The van der Waals surface area contributed by atoms with E-state index in [-0.39, 0.29) is 0 Å².